The van der Waals surface area contributed by atoms with Crippen LogP contribution in [0.4, 0.5) is 0 Å². The number of pyridine rings is 1. The maximum absolute atomic E-state index is 12.7. The smallest absolute Gasteiger partial charge is 0.255 e. The highest BCUT2D eigenvalue weighted by Gasteiger charge is 2.26. The lowest BCUT2D eigenvalue weighted by Crippen LogP contribution is -2.49. The maximum atomic E-state index is 12.7. The van der Waals surface area contributed by atoms with Gasteiger partial charge in [-0.2, -0.15) is 0 Å². The Labute approximate surface area is 115 Å². The van der Waals surface area contributed by atoms with Gasteiger partial charge in [0.1, 0.15) is 0 Å². The van der Waals surface area contributed by atoms with Gasteiger partial charge in [0.05, 0.1) is 5.56 Å². The molecule has 0 aromatic carbocycles. The van der Waals surface area contributed by atoms with E-state index in [0.29, 0.717) is 6.04 Å². The lowest BCUT2D eigenvalue weighted by atomic mass is 10.0. The van der Waals surface area contributed by atoms with Gasteiger partial charge in [-0.05, 0) is 44.9 Å². The Kier molecular flexibility index (Phi) is 4.91. The number of aromatic nitrogens is 1. The van der Waals surface area contributed by atoms with E-state index in [1.807, 2.05) is 24.0 Å². The molecule has 0 spiro atoms. The van der Waals surface area contributed by atoms with Crippen LogP contribution in [0.1, 0.15) is 42.2 Å². The monoisotopic (exact) mass is 261 g/mol. The number of hydrogen-bond acceptors (Lipinski definition) is 3. The zero-order chi connectivity index (χ0) is 13.7. The summed E-state index contributed by atoms with van der Waals surface area (Å²) < 4.78 is 0. The van der Waals surface area contributed by atoms with Gasteiger partial charge in [0.2, 0.25) is 0 Å². The zero-order valence-electron chi connectivity index (χ0n) is 11.9. The first-order valence-electron chi connectivity index (χ1n) is 7.17. The Morgan fingerprint density at radius 2 is 2.42 bits per heavy atom. The number of piperidine rings is 1. The van der Waals surface area contributed by atoms with Crippen LogP contribution < -0.4 is 5.32 Å². The van der Waals surface area contributed by atoms with Crippen molar-refractivity contribution in [1.82, 2.24) is 15.2 Å². The van der Waals surface area contributed by atoms with Crippen molar-refractivity contribution >= 4 is 5.91 Å². The van der Waals surface area contributed by atoms with Gasteiger partial charge in [-0.3, -0.25) is 9.78 Å². The fraction of sp³-hybridized carbons (Fsp3) is 0.600. The van der Waals surface area contributed by atoms with Gasteiger partial charge >= 0.3 is 0 Å². The molecule has 19 heavy (non-hydrogen) atoms. The van der Waals surface area contributed by atoms with Crippen LogP contribution in [0.25, 0.3) is 0 Å². The molecule has 4 nitrogen and oxygen atoms in total. The van der Waals surface area contributed by atoms with Crippen LogP contribution in [0.3, 0.4) is 0 Å². The third kappa shape index (κ3) is 3.32. The fourth-order valence-corrected chi connectivity index (χ4v) is 2.66. The van der Waals surface area contributed by atoms with Crippen LogP contribution in [-0.2, 0) is 0 Å². The van der Waals surface area contributed by atoms with Crippen molar-refractivity contribution in [3.8, 4) is 0 Å². The average Bonchev–Trinajstić information content (AvgIpc) is 2.45. The number of hydrogen-bond donors (Lipinski definition) is 1. The van der Waals surface area contributed by atoms with E-state index in [4.69, 9.17) is 0 Å². The number of rotatable bonds is 4. The Balaban J connectivity index is 2.18. The molecule has 4 heteroatoms. The minimum absolute atomic E-state index is 0.126. The molecule has 1 aromatic rings. The van der Waals surface area contributed by atoms with E-state index in [0.717, 1.165) is 50.2 Å². The van der Waals surface area contributed by atoms with Gasteiger partial charge in [-0.1, -0.05) is 6.92 Å². The number of aryl methyl sites for hydroxylation is 1. The summed E-state index contributed by atoms with van der Waals surface area (Å²) >= 11 is 0. The molecule has 1 atom stereocenters. The van der Waals surface area contributed by atoms with E-state index in [-0.39, 0.29) is 5.91 Å². The summed E-state index contributed by atoms with van der Waals surface area (Å²) in [6, 6.07) is 4.04. The van der Waals surface area contributed by atoms with Crippen LogP contribution in [0, 0.1) is 6.92 Å². The molecule has 0 radical (unpaired) electrons. The third-order valence-electron chi connectivity index (χ3n) is 3.67. The molecule has 1 amide bonds. The van der Waals surface area contributed by atoms with Crippen LogP contribution in [-0.4, -0.2) is 41.5 Å². The second-order valence-corrected chi connectivity index (χ2v) is 5.14. The minimum Gasteiger partial charge on any atom is -0.334 e. The van der Waals surface area contributed by atoms with E-state index < -0.39 is 0 Å². The lowest BCUT2D eigenvalue weighted by Gasteiger charge is -2.34. The molecular weight excluding hydrogens is 238 g/mol. The van der Waals surface area contributed by atoms with Gasteiger partial charge in [0.15, 0.2) is 0 Å². The Bertz CT molecular complexity index is 427. The van der Waals surface area contributed by atoms with Gasteiger partial charge in [-0.15, -0.1) is 0 Å². The van der Waals surface area contributed by atoms with E-state index >= 15 is 0 Å². The van der Waals surface area contributed by atoms with Crippen LogP contribution in [0.5, 0.6) is 0 Å². The number of nitrogens with zero attached hydrogens (tertiary/aromatic N) is 2. The molecule has 2 heterocycles. The predicted octanol–water partition coefficient (Wildman–Crippen LogP) is 1.99. The number of carbonyl (C=O) groups is 1. The summed E-state index contributed by atoms with van der Waals surface area (Å²) in [5.74, 6) is 0.126. The standard InChI is InChI=1S/C15H23N3O/c1-3-10-18(13-6-4-8-16-11-13)15(19)14-7-5-9-17-12(14)2/h5,7,9,13,16H,3-4,6,8,10-11H2,1-2H3. The van der Waals surface area contributed by atoms with Crippen LogP contribution in [0.15, 0.2) is 18.3 Å². The quantitative estimate of drug-likeness (QED) is 0.901. The SMILES string of the molecule is CCCN(C(=O)c1cccnc1C)C1CCCNC1. The molecule has 1 unspecified atom stereocenters. The summed E-state index contributed by atoms with van der Waals surface area (Å²) in [5.41, 5.74) is 1.55. The molecule has 104 valence electrons. The largest absolute Gasteiger partial charge is 0.334 e. The minimum atomic E-state index is 0.126. The molecule has 0 aliphatic carbocycles. The first-order valence-corrected chi connectivity index (χ1v) is 7.17. The van der Waals surface area contributed by atoms with Gasteiger partial charge in [0, 0.05) is 31.0 Å². The third-order valence-corrected chi connectivity index (χ3v) is 3.67. The summed E-state index contributed by atoms with van der Waals surface area (Å²) in [7, 11) is 0. The van der Waals surface area contributed by atoms with Crippen molar-refractivity contribution in [1.29, 1.82) is 0 Å². The molecule has 1 aliphatic rings. The van der Waals surface area contributed by atoms with Gasteiger partial charge in [-0.25, -0.2) is 0 Å². The highest BCUT2D eigenvalue weighted by Crippen LogP contribution is 2.16. The molecule has 1 aliphatic heterocycles. The van der Waals surface area contributed by atoms with E-state index in [9.17, 15) is 4.79 Å². The summed E-state index contributed by atoms with van der Waals surface area (Å²) in [6.45, 7) is 6.81. The molecule has 1 N–H and O–H groups in total. The van der Waals surface area contributed by atoms with Crippen molar-refractivity contribution in [3.63, 3.8) is 0 Å². The molecule has 2 rings (SSSR count). The summed E-state index contributed by atoms with van der Waals surface area (Å²) in [4.78, 5) is 19.0. The molecule has 1 saturated heterocycles. The molecule has 1 fully saturated rings. The van der Waals surface area contributed by atoms with Crippen molar-refractivity contribution in [2.24, 2.45) is 0 Å². The van der Waals surface area contributed by atoms with E-state index in [1.165, 1.54) is 0 Å². The van der Waals surface area contributed by atoms with Gasteiger partial charge in [0.25, 0.3) is 5.91 Å². The Morgan fingerprint density at radius 1 is 1.58 bits per heavy atom. The fourth-order valence-electron chi connectivity index (χ4n) is 2.66. The first kappa shape index (κ1) is 14.0. The van der Waals surface area contributed by atoms with E-state index in [1.54, 1.807) is 6.20 Å². The Morgan fingerprint density at radius 3 is 3.05 bits per heavy atom. The summed E-state index contributed by atoms with van der Waals surface area (Å²) in [5, 5.41) is 3.39. The molecule has 0 saturated carbocycles. The maximum Gasteiger partial charge on any atom is 0.255 e. The molecule has 0 bridgehead atoms. The van der Waals surface area contributed by atoms with Crippen LogP contribution in [0.2, 0.25) is 0 Å². The molecular formula is C15H23N3O. The second-order valence-electron chi connectivity index (χ2n) is 5.14. The number of amides is 1. The van der Waals surface area contributed by atoms with E-state index in [2.05, 4.69) is 17.2 Å². The Hall–Kier alpha value is -1.42. The van der Waals surface area contributed by atoms with Gasteiger partial charge < -0.3 is 10.2 Å². The average molecular weight is 261 g/mol. The first-order chi connectivity index (χ1) is 9.24. The van der Waals surface area contributed by atoms with Crippen molar-refractivity contribution in [2.75, 3.05) is 19.6 Å². The number of nitrogens with one attached hydrogen (secondary N) is 1. The summed E-state index contributed by atoms with van der Waals surface area (Å²) in [6.07, 6.45) is 4.96. The highest BCUT2D eigenvalue weighted by molar-refractivity contribution is 5.95. The second kappa shape index (κ2) is 6.66. The van der Waals surface area contributed by atoms with Crippen molar-refractivity contribution < 1.29 is 4.79 Å². The van der Waals surface area contributed by atoms with Crippen LogP contribution >= 0.6 is 0 Å². The predicted molar refractivity (Wildman–Crippen MR) is 76.2 cm³/mol. The van der Waals surface area contributed by atoms with Crippen molar-refractivity contribution in [2.45, 2.75) is 39.2 Å². The van der Waals surface area contributed by atoms with Crippen molar-refractivity contribution in [3.05, 3.63) is 29.6 Å². The normalized spacial score (nSPS) is 19.2. The zero-order valence-corrected chi connectivity index (χ0v) is 11.9. The topological polar surface area (TPSA) is 45.2 Å². The highest BCUT2D eigenvalue weighted by atomic mass is 16.2. The lowest BCUT2D eigenvalue weighted by molar-refractivity contribution is 0.0647. The number of carbonyl (C=O) groups excluding carboxylic acids is 1. The molecule has 1 aromatic heterocycles.